The number of carbonyl (C=O) groups excluding carboxylic acids is 2. The largest absolute Gasteiger partial charge is 0.480 e. The number of aliphatic carboxylic acids is 1. The molecule has 3 rings (SSSR count). The Morgan fingerprint density at radius 2 is 1.50 bits per heavy atom. The van der Waals surface area contributed by atoms with E-state index in [1.807, 2.05) is 50.2 Å². The van der Waals surface area contributed by atoms with Crippen LogP contribution in [-0.4, -0.2) is 55.5 Å². The molecule has 1 aliphatic rings. The Labute approximate surface area is 199 Å². The van der Waals surface area contributed by atoms with E-state index in [9.17, 15) is 19.5 Å². The van der Waals surface area contributed by atoms with E-state index in [1.165, 1.54) is 7.11 Å². The molecule has 3 N–H and O–H groups in total. The van der Waals surface area contributed by atoms with Crippen LogP contribution < -0.4 is 10.6 Å². The maximum absolute atomic E-state index is 12.8. The maximum Gasteiger partial charge on any atom is 0.407 e. The maximum atomic E-state index is 12.8. The molecule has 8 heteroatoms. The molecule has 1 aliphatic carbocycles. The molecule has 2 amide bonds. The lowest BCUT2D eigenvalue weighted by molar-refractivity contribution is -0.143. The molecule has 0 aliphatic heterocycles. The second-order valence-electron chi connectivity index (χ2n) is 8.85. The summed E-state index contributed by atoms with van der Waals surface area (Å²) < 4.78 is 10.4. The number of fused-ring (bicyclic) bond motifs is 3. The molecule has 0 spiro atoms. The van der Waals surface area contributed by atoms with Crippen molar-refractivity contribution in [1.82, 2.24) is 10.6 Å². The van der Waals surface area contributed by atoms with E-state index in [4.69, 9.17) is 9.47 Å². The first-order valence-corrected chi connectivity index (χ1v) is 11.5. The number of amides is 2. The van der Waals surface area contributed by atoms with E-state index in [2.05, 4.69) is 22.8 Å². The van der Waals surface area contributed by atoms with Gasteiger partial charge < -0.3 is 25.2 Å². The number of benzene rings is 2. The van der Waals surface area contributed by atoms with Crippen molar-refractivity contribution in [2.45, 2.75) is 44.7 Å². The number of rotatable bonds is 11. The van der Waals surface area contributed by atoms with Crippen LogP contribution in [0, 0.1) is 5.92 Å². The highest BCUT2D eigenvalue weighted by atomic mass is 16.5. The highest BCUT2D eigenvalue weighted by molar-refractivity contribution is 5.89. The number of carboxylic acid groups (broad SMARTS) is 1. The molecule has 0 radical (unpaired) electrons. The molecule has 8 nitrogen and oxygen atoms in total. The molecular weight excluding hydrogens is 436 g/mol. The molecule has 2 aromatic rings. The van der Waals surface area contributed by atoms with Gasteiger partial charge in [0.1, 0.15) is 12.6 Å². The molecule has 0 fully saturated rings. The van der Waals surface area contributed by atoms with Gasteiger partial charge in [-0.1, -0.05) is 62.4 Å². The third-order valence-corrected chi connectivity index (χ3v) is 5.93. The number of carbonyl (C=O) groups is 3. The van der Waals surface area contributed by atoms with Crippen molar-refractivity contribution < 1.29 is 29.0 Å². The third kappa shape index (κ3) is 6.14. The van der Waals surface area contributed by atoms with Crippen LogP contribution in [0.15, 0.2) is 48.5 Å². The van der Waals surface area contributed by atoms with E-state index in [-0.39, 0.29) is 19.1 Å². The zero-order chi connectivity index (χ0) is 24.7. The number of ether oxygens (including phenoxy) is 2. The molecule has 0 saturated heterocycles. The van der Waals surface area contributed by atoms with Crippen LogP contribution in [0.4, 0.5) is 4.79 Å². The number of methoxy groups -OCH3 is 1. The van der Waals surface area contributed by atoms with Gasteiger partial charge >= 0.3 is 12.1 Å². The molecule has 2 atom stereocenters. The first-order valence-electron chi connectivity index (χ1n) is 11.5. The van der Waals surface area contributed by atoms with Crippen LogP contribution in [0.3, 0.4) is 0 Å². The van der Waals surface area contributed by atoms with E-state index in [1.54, 1.807) is 0 Å². The van der Waals surface area contributed by atoms with Crippen molar-refractivity contribution in [1.29, 1.82) is 0 Å². The van der Waals surface area contributed by atoms with E-state index >= 15 is 0 Å². The fourth-order valence-corrected chi connectivity index (χ4v) is 4.16. The van der Waals surface area contributed by atoms with Gasteiger partial charge in [-0.05, 0) is 41.0 Å². The van der Waals surface area contributed by atoms with Crippen molar-refractivity contribution in [2.24, 2.45) is 5.92 Å². The van der Waals surface area contributed by atoms with Gasteiger partial charge in [0.05, 0.1) is 6.61 Å². The van der Waals surface area contributed by atoms with Gasteiger partial charge in [-0.15, -0.1) is 0 Å². The quantitative estimate of drug-likeness (QED) is 0.465. The van der Waals surface area contributed by atoms with Crippen molar-refractivity contribution in [3.63, 3.8) is 0 Å². The first-order chi connectivity index (χ1) is 16.3. The zero-order valence-corrected chi connectivity index (χ0v) is 19.7. The van der Waals surface area contributed by atoms with Crippen molar-refractivity contribution >= 4 is 18.0 Å². The fraction of sp³-hybridized carbons (Fsp3) is 0.423. The number of alkyl carbamates (subject to hydrolysis) is 1. The van der Waals surface area contributed by atoms with Crippen LogP contribution in [0.2, 0.25) is 0 Å². The van der Waals surface area contributed by atoms with Gasteiger partial charge in [0.2, 0.25) is 5.91 Å². The molecule has 0 bridgehead atoms. The zero-order valence-electron chi connectivity index (χ0n) is 19.7. The van der Waals surface area contributed by atoms with E-state index < -0.39 is 30.1 Å². The van der Waals surface area contributed by atoms with Gasteiger partial charge in [0, 0.05) is 13.0 Å². The summed E-state index contributed by atoms with van der Waals surface area (Å²) in [6, 6.07) is 13.9. The Balaban J connectivity index is 1.66. The summed E-state index contributed by atoms with van der Waals surface area (Å²) in [5.74, 6) is -1.59. The minimum atomic E-state index is -1.21. The minimum absolute atomic E-state index is 0.0980. The molecule has 0 heterocycles. The van der Waals surface area contributed by atoms with Gasteiger partial charge in [-0.2, -0.15) is 0 Å². The summed E-state index contributed by atoms with van der Waals surface area (Å²) in [5.41, 5.74) is 4.43. The van der Waals surface area contributed by atoms with E-state index in [0.29, 0.717) is 18.8 Å². The Morgan fingerprint density at radius 3 is 2.03 bits per heavy atom. The SMILES string of the molecule is COCC(NC(=O)C(CCC(C)C)NC(=O)OCC1c2ccccc2-c2ccccc21)C(=O)O. The second-order valence-corrected chi connectivity index (χ2v) is 8.85. The highest BCUT2D eigenvalue weighted by Gasteiger charge is 2.30. The molecular formula is C26H32N2O6. The lowest BCUT2D eigenvalue weighted by atomic mass is 9.98. The second kappa shape index (κ2) is 11.7. The number of carboxylic acids is 1. The molecule has 34 heavy (non-hydrogen) atoms. The smallest absolute Gasteiger partial charge is 0.407 e. The first kappa shape index (κ1) is 25.2. The number of hydrogen-bond donors (Lipinski definition) is 3. The highest BCUT2D eigenvalue weighted by Crippen LogP contribution is 2.44. The van der Waals surface area contributed by atoms with Crippen LogP contribution in [-0.2, 0) is 19.1 Å². The Kier molecular flexibility index (Phi) is 8.65. The van der Waals surface area contributed by atoms with Gasteiger partial charge in [0.25, 0.3) is 0 Å². The van der Waals surface area contributed by atoms with Crippen LogP contribution >= 0.6 is 0 Å². The number of nitrogens with one attached hydrogen (secondary N) is 2. The lowest BCUT2D eigenvalue weighted by Gasteiger charge is -2.22. The summed E-state index contributed by atoms with van der Waals surface area (Å²) in [7, 11) is 1.35. The van der Waals surface area contributed by atoms with Gasteiger partial charge in [-0.3, -0.25) is 4.79 Å². The summed E-state index contributed by atoms with van der Waals surface area (Å²) >= 11 is 0. The average molecular weight is 469 g/mol. The molecule has 2 unspecified atom stereocenters. The van der Waals surface area contributed by atoms with Crippen LogP contribution in [0.25, 0.3) is 11.1 Å². The summed E-state index contributed by atoms with van der Waals surface area (Å²) in [4.78, 5) is 36.8. The Hall–Kier alpha value is -3.39. The Morgan fingerprint density at radius 1 is 0.912 bits per heavy atom. The van der Waals surface area contributed by atoms with Gasteiger partial charge in [-0.25, -0.2) is 9.59 Å². The monoisotopic (exact) mass is 468 g/mol. The number of hydrogen-bond acceptors (Lipinski definition) is 5. The topological polar surface area (TPSA) is 114 Å². The standard InChI is InChI=1S/C26H32N2O6/c1-16(2)12-13-22(24(29)27-23(15-33-3)25(30)31)28-26(32)34-14-21-19-10-6-4-8-17(19)18-9-5-7-11-20(18)21/h4-11,16,21-23H,12-15H2,1-3H3,(H,27,29)(H,28,32)(H,30,31). The molecule has 2 aromatic carbocycles. The van der Waals surface area contributed by atoms with Gasteiger partial charge in [0.15, 0.2) is 6.04 Å². The Bertz CT molecular complexity index is 976. The lowest BCUT2D eigenvalue weighted by Crippen LogP contribution is -2.53. The summed E-state index contributed by atoms with van der Waals surface area (Å²) in [6.07, 6.45) is 0.306. The average Bonchev–Trinajstić information content (AvgIpc) is 3.13. The van der Waals surface area contributed by atoms with Crippen LogP contribution in [0.1, 0.15) is 43.7 Å². The molecule has 0 saturated carbocycles. The third-order valence-electron chi connectivity index (χ3n) is 5.93. The normalized spacial score (nSPS) is 14.1. The molecule has 0 aromatic heterocycles. The van der Waals surface area contributed by atoms with Crippen molar-refractivity contribution in [2.75, 3.05) is 20.3 Å². The predicted molar refractivity (Wildman–Crippen MR) is 128 cm³/mol. The summed E-state index contributed by atoms with van der Waals surface area (Å²) in [5, 5.41) is 14.4. The van der Waals surface area contributed by atoms with E-state index in [0.717, 1.165) is 22.3 Å². The fourth-order valence-electron chi connectivity index (χ4n) is 4.16. The van der Waals surface area contributed by atoms with Crippen molar-refractivity contribution in [3.8, 4) is 11.1 Å². The summed E-state index contributed by atoms with van der Waals surface area (Å²) in [6.45, 7) is 3.96. The van der Waals surface area contributed by atoms with Crippen molar-refractivity contribution in [3.05, 3.63) is 59.7 Å². The predicted octanol–water partition coefficient (Wildman–Crippen LogP) is 3.55. The minimum Gasteiger partial charge on any atom is -0.480 e. The van der Waals surface area contributed by atoms with Crippen LogP contribution in [0.5, 0.6) is 0 Å². The molecule has 182 valence electrons.